The molecule has 0 N–H and O–H groups in total. The minimum Gasteiger partial charge on any atom is -0.378 e. The van der Waals surface area contributed by atoms with Crippen LogP contribution in [0.25, 0.3) is 0 Å². The highest BCUT2D eigenvalue weighted by molar-refractivity contribution is 6.02. The number of fused-ring (bicyclic) bond motifs is 1. The first kappa shape index (κ1) is 19.1. The van der Waals surface area contributed by atoms with Gasteiger partial charge in [-0.15, -0.1) is 0 Å². The van der Waals surface area contributed by atoms with Crippen LogP contribution in [0.1, 0.15) is 79.6 Å². The lowest BCUT2D eigenvalue weighted by molar-refractivity contribution is -0.142. The van der Waals surface area contributed by atoms with Crippen LogP contribution < -0.4 is 0 Å². The second kappa shape index (κ2) is 7.75. The van der Waals surface area contributed by atoms with Crippen LogP contribution in [0.15, 0.2) is 24.3 Å². The standard InChI is InChI=1S/C24H32N2O3/c27-22-20-11-5-4-10-19(20)21(23(28)25-14-16-29-17-15-25)24(12-6-1-7-13-24)26(22)18-8-2-3-9-18/h4-5,10-11,18,21H,1-3,6-9,12-17H2/t21-/m1/s1. The third-order valence-electron chi connectivity index (χ3n) is 7.72. The summed E-state index contributed by atoms with van der Waals surface area (Å²) in [4.78, 5) is 32.0. The van der Waals surface area contributed by atoms with Crippen molar-refractivity contribution in [2.45, 2.75) is 75.3 Å². The third-order valence-corrected chi connectivity index (χ3v) is 7.72. The predicted molar refractivity (Wildman–Crippen MR) is 111 cm³/mol. The lowest BCUT2D eigenvalue weighted by Gasteiger charge is -2.56. The Bertz CT molecular complexity index is 774. The molecule has 29 heavy (non-hydrogen) atoms. The number of hydrogen-bond donors (Lipinski definition) is 0. The van der Waals surface area contributed by atoms with Crippen molar-refractivity contribution in [2.24, 2.45) is 0 Å². The Balaban J connectivity index is 1.64. The van der Waals surface area contributed by atoms with Crippen LogP contribution in [0, 0.1) is 0 Å². The molecule has 5 heteroatoms. The monoisotopic (exact) mass is 396 g/mol. The molecule has 1 aromatic carbocycles. The number of carbonyl (C=O) groups excluding carboxylic acids is 2. The van der Waals surface area contributed by atoms with Gasteiger partial charge in [0, 0.05) is 24.7 Å². The van der Waals surface area contributed by atoms with Crippen molar-refractivity contribution in [1.82, 2.24) is 9.80 Å². The first-order chi connectivity index (χ1) is 14.2. The largest absolute Gasteiger partial charge is 0.378 e. The predicted octanol–water partition coefficient (Wildman–Crippen LogP) is 3.73. The van der Waals surface area contributed by atoms with E-state index in [0.717, 1.165) is 49.7 Å². The maximum absolute atomic E-state index is 14.0. The quantitative estimate of drug-likeness (QED) is 0.765. The van der Waals surface area contributed by atoms with Gasteiger partial charge in [0.1, 0.15) is 0 Å². The molecule has 0 radical (unpaired) electrons. The van der Waals surface area contributed by atoms with Crippen LogP contribution in [-0.2, 0) is 9.53 Å². The highest BCUT2D eigenvalue weighted by Gasteiger charge is 2.57. The summed E-state index contributed by atoms with van der Waals surface area (Å²) in [6, 6.07) is 8.20. The average molecular weight is 397 g/mol. The molecule has 1 saturated heterocycles. The Morgan fingerprint density at radius 2 is 1.66 bits per heavy atom. The van der Waals surface area contributed by atoms with E-state index in [-0.39, 0.29) is 29.3 Å². The molecule has 0 unspecified atom stereocenters. The number of morpholine rings is 1. The van der Waals surface area contributed by atoms with Gasteiger partial charge in [-0.1, -0.05) is 50.3 Å². The molecule has 4 aliphatic rings. The van der Waals surface area contributed by atoms with E-state index in [2.05, 4.69) is 4.90 Å². The molecule has 2 saturated carbocycles. The van der Waals surface area contributed by atoms with E-state index in [1.165, 1.54) is 19.3 Å². The van der Waals surface area contributed by atoms with Crippen molar-refractivity contribution in [3.8, 4) is 0 Å². The zero-order valence-electron chi connectivity index (χ0n) is 17.3. The van der Waals surface area contributed by atoms with E-state index < -0.39 is 0 Å². The smallest absolute Gasteiger partial charge is 0.254 e. The molecule has 0 bridgehead atoms. The Hall–Kier alpha value is -1.88. The van der Waals surface area contributed by atoms with Gasteiger partial charge < -0.3 is 14.5 Å². The first-order valence-electron chi connectivity index (χ1n) is 11.5. The van der Waals surface area contributed by atoms with E-state index in [1.807, 2.05) is 29.2 Å². The van der Waals surface area contributed by atoms with E-state index in [0.29, 0.717) is 26.3 Å². The van der Waals surface area contributed by atoms with Crippen molar-refractivity contribution < 1.29 is 14.3 Å². The number of nitrogens with zero attached hydrogens (tertiary/aromatic N) is 2. The van der Waals surface area contributed by atoms with Crippen molar-refractivity contribution in [1.29, 1.82) is 0 Å². The summed E-state index contributed by atoms with van der Waals surface area (Å²) < 4.78 is 5.50. The number of ether oxygens (including phenoxy) is 1. The van der Waals surface area contributed by atoms with Crippen LogP contribution >= 0.6 is 0 Å². The third kappa shape index (κ3) is 3.09. The van der Waals surface area contributed by atoms with Gasteiger partial charge in [0.25, 0.3) is 5.91 Å². The second-order valence-corrected chi connectivity index (χ2v) is 9.24. The second-order valence-electron chi connectivity index (χ2n) is 9.24. The lowest BCUT2D eigenvalue weighted by Crippen LogP contribution is -2.65. The SMILES string of the molecule is O=C([C@H]1c2ccccc2C(=O)N(C2CCCC2)C12CCCCC2)N1CCOCC1. The van der Waals surface area contributed by atoms with Crippen molar-refractivity contribution in [2.75, 3.05) is 26.3 Å². The molecule has 0 aromatic heterocycles. The fraction of sp³-hybridized carbons (Fsp3) is 0.667. The Morgan fingerprint density at radius 1 is 0.966 bits per heavy atom. The first-order valence-corrected chi connectivity index (χ1v) is 11.5. The molecule has 5 nitrogen and oxygen atoms in total. The maximum atomic E-state index is 14.0. The van der Waals surface area contributed by atoms with Gasteiger partial charge in [-0.05, 0) is 37.3 Å². The van der Waals surface area contributed by atoms with Gasteiger partial charge >= 0.3 is 0 Å². The highest BCUT2D eigenvalue weighted by atomic mass is 16.5. The normalized spacial score (nSPS) is 27.3. The zero-order valence-corrected chi connectivity index (χ0v) is 17.3. The summed E-state index contributed by atoms with van der Waals surface area (Å²) in [5, 5.41) is 0. The molecular weight excluding hydrogens is 364 g/mol. The molecular formula is C24H32N2O3. The van der Waals surface area contributed by atoms with E-state index in [1.54, 1.807) is 0 Å². The fourth-order valence-corrected chi connectivity index (χ4v) is 6.42. The minimum atomic E-state index is -0.353. The fourth-order valence-electron chi connectivity index (χ4n) is 6.42. The molecule has 156 valence electrons. The van der Waals surface area contributed by atoms with Gasteiger partial charge in [0.15, 0.2) is 0 Å². The van der Waals surface area contributed by atoms with Gasteiger partial charge in [-0.2, -0.15) is 0 Å². The summed E-state index contributed by atoms with van der Waals surface area (Å²) in [5.41, 5.74) is 1.36. The van der Waals surface area contributed by atoms with Crippen LogP contribution in [0.4, 0.5) is 0 Å². The summed E-state index contributed by atoms with van der Waals surface area (Å²) in [6.07, 6.45) is 9.84. The molecule has 2 aliphatic carbocycles. The zero-order chi connectivity index (χ0) is 19.8. The summed E-state index contributed by atoms with van der Waals surface area (Å²) in [6.45, 7) is 2.53. The summed E-state index contributed by atoms with van der Waals surface area (Å²) >= 11 is 0. The molecule has 1 aromatic rings. The van der Waals surface area contributed by atoms with Crippen LogP contribution in [0.2, 0.25) is 0 Å². The van der Waals surface area contributed by atoms with Gasteiger partial charge in [-0.25, -0.2) is 0 Å². The maximum Gasteiger partial charge on any atom is 0.254 e. The number of benzene rings is 1. The average Bonchev–Trinajstić information content (AvgIpc) is 3.29. The highest BCUT2D eigenvalue weighted by Crippen LogP contribution is 2.52. The van der Waals surface area contributed by atoms with Crippen LogP contribution in [0.5, 0.6) is 0 Å². The summed E-state index contributed by atoms with van der Waals surface area (Å²) in [7, 11) is 0. The number of hydrogen-bond acceptors (Lipinski definition) is 3. The minimum absolute atomic E-state index is 0.167. The Kier molecular flexibility index (Phi) is 5.10. The molecule has 2 heterocycles. The number of amides is 2. The van der Waals surface area contributed by atoms with Crippen molar-refractivity contribution >= 4 is 11.8 Å². The molecule has 1 atom stereocenters. The van der Waals surface area contributed by atoms with Crippen LogP contribution in [0.3, 0.4) is 0 Å². The molecule has 3 fully saturated rings. The summed E-state index contributed by atoms with van der Waals surface area (Å²) in [5.74, 6) is 0.133. The van der Waals surface area contributed by atoms with Gasteiger partial charge in [-0.3, -0.25) is 9.59 Å². The number of rotatable bonds is 2. The molecule has 2 aliphatic heterocycles. The van der Waals surface area contributed by atoms with E-state index >= 15 is 0 Å². The topological polar surface area (TPSA) is 49.9 Å². The van der Waals surface area contributed by atoms with E-state index in [9.17, 15) is 9.59 Å². The van der Waals surface area contributed by atoms with Crippen molar-refractivity contribution in [3.63, 3.8) is 0 Å². The van der Waals surface area contributed by atoms with Crippen LogP contribution in [-0.4, -0.2) is 59.5 Å². The Morgan fingerprint density at radius 3 is 2.38 bits per heavy atom. The van der Waals surface area contributed by atoms with Gasteiger partial charge in [0.05, 0.1) is 24.7 Å². The van der Waals surface area contributed by atoms with E-state index in [4.69, 9.17) is 4.74 Å². The Labute approximate surface area is 173 Å². The molecule has 1 spiro atoms. The lowest BCUT2D eigenvalue weighted by atomic mass is 9.64. The van der Waals surface area contributed by atoms with Gasteiger partial charge in [0.2, 0.25) is 5.91 Å². The number of carbonyl (C=O) groups is 2. The molecule has 2 amide bonds. The van der Waals surface area contributed by atoms with Crippen molar-refractivity contribution in [3.05, 3.63) is 35.4 Å². The molecule has 5 rings (SSSR count).